The molecule has 7 nitrogen and oxygen atoms in total. The van der Waals surface area contributed by atoms with E-state index < -0.39 is 17.6 Å². The Kier molecular flexibility index (Phi) is 8.76. The zero-order valence-electron chi connectivity index (χ0n) is 16.9. The van der Waals surface area contributed by atoms with Crippen LogP contribution in [-0.4, -0.2) is 66.5 Å². The van der Waals surface area contributed by atoms with Crippen LogP contribution in [0.25, 0.3) is 0 Å². The second kappa shape index (κ2) is 11.5. The predicted molar refractivity (Wildman–Crippen MR) is 113 cm³/mol. The van der Waals surface area contributed by atoms with Gasteiger partial charge in [-0.15, -0.1) is 11.3 Å². The molecule has 1 aliphatic heterocycles. The molecule has 1 saturated heterocycles. The Bertz CT molecular complexity index is 912. The number of nitrogens with one attached hydrogen (secondary N) is 1. The average molecular weight is 472 g/mol. The van der Waals surface area contributed by atoms with Gasteiger partial charge in [0.05, 0.1) is 25.1 Å². The molecule has 0 spiro atoms. The first-order valence-electron chi connectivity index (χ1n) is 9.74. The molecule has 31 heavy (non-hydrogen) atoms. The van der Waals surface area contributed by atoms with Gasteiger partial charge in [-0.05, 0) is 24.6 Å². The largest absolute Gasteiger partial charge is 0.461 e. The van der Waals surface area contributed by atoms with E-state index in [0.29, 0.717) is 42.7 Å². The molecule has 2 aromatic rings. The Morgan fingerprint density at radius 3 is 3.00 bits per heavy atom. The second-order valence-corrected chi connectivity index (χ2v) is 8.87. The van der Waals surface area contributed by atoms with Crippen molar-refractivity contribution in [2.24, 2.45) is 0 Å². The molecule has 1 aromatic heterocycles. The maximum Gasteiger partial charge on any atom is 0.357 e. The van der Waals surface area contributed by atoms with Crippen molar-refractivity contribution in [1.29, 1.82) is 0 Å². The lowest BCUT2D eigenvalue weighted by molar-refractivity contribution is -0.119. The molecule has 1 amide bonds. The summed E-state index contributed by atoms with van der Waals surface area (Å²) < 4.78 is 37.7. The fourth-order valence-corrected chi connectivity index (χ4v) is 4.60. The van der Waals surface area contributed by atoms with Crippen LogP contribution in [0.5, 0.6) is 0 Å². The molecule has 1 aliphatic rings. The number of rotatable bonds is 9. The minimum Gasteiger partial charge on any atom is -0.461 e. The number of carbonyl (C=O) groups is 2. The number of thioether (sulfide) groups is 1. The first-order valence-corrected chi connectivity index (χ1v) is 11.6. The van der Waals surface area contributed by atoms with Crippen molar-refractivity contribution >= 4 is 35.0 Å². The van der Waals surface area contributed by atoms with Crippen LogP contribution in [0.1, 0.15) is 23.0 Å². The highest BCUT2D eigenvalue weighted by atomic mass is 32.2. The minimum atomic E-state index is -0.862. The molecule has 11 heteroatoms. The van der Waals surface area contributed by atoms with E-state index in [1.165, 1.54) is 29.2 Å². The van der Waals surface area contributed by atoms with E-state index in [1.54, 1.807) is 18.4 Å². The summed E-state index contributed by atoms with van der Waals surface area (Å²) in [5.41, 5.74) is 0.928. The quantitative estimate of drug-likeness (QED) is 0.445. The van der Waals surface area contributed by atoms with E-state index in [9.17, 15) is 18.4 Å². The summed E-state index contributed by atoms with van der Waals surface area (Å²) >= 11 is 2.53. The van der Waals surface area contributed by atoms with Gasteiger partial charge in [0.25, 0.3) is 0 Å². The van der Waals surface area contributed by atoms with Crippen LogP contribution in [0, 0.1) is 11.6 Å². The summed E-state index contributed by atoms with van der Waals surface area (Å²) in [4.78, 5) is 30.0. The van der Waals surface area contributed by atoms with Crippen molar-refractivity contribution < 1.29 is 27.8 Å². The van der Waals surface area contributed by atoms with Crippen LogP contribution < -0.4 is 5.32 Å². The van der Waals surface area contributed by atoms with E-state index in [0.717, 1.165) is 6.07 Å². The van der Waals surface area contributed by atoms with E-state index in [1.807, 2.05) is 0 Å². The number of carbonyl (C=O) groups excluding carboxylic acids is 2. The lowest BCUT2D eigenvalue weighted by Crippen LogP contribution is -2.47. The lowest BCUT2D eigenvalue weighted by atomic mass is 10.1. The van der Waals surface area contributed by atoms with Gasteiger partial charge in [0, 0.05) is 31.6 Å². The fourth-order valence-electron chi connectivity index (χ4n) is 2.97. The highest BCUT2D eigenvalue weighted by Gasteiger charge is 2.21. The van der Waals surface area contributed by atoms with Crippen molar-refractivity contribution in [2.75, 3.05) is 38.6 Å². The molecule has 1 aromatic carbocycles. The molecular weight excluding hydrogens is 448 g/mol. The van der Waals surface area contributed by atoms with Crippen LogP contribution in [-0.2, 0) is 20.8 Å². The highest BCUT2D eigenvalue weighted by Crippen LogP contribution is 2.23. The van der Waals surface area contributed by atoms with Gasteiger partial charge in [-0.3, -0.25) is 9.69 Å². The van der Waals surface area contributed by atoms with Gasteiger partial charge in [0.1, 0.15) is 0 Å². The number of thiazole rings is 1. The number of amides is 1. The van der Waals surface area contributed by atoms with E-state index in [-0.39, 0.29) is 30.1 Å². The summed E-state index contributed by atoms with van der Waals surface area (Å²) in [6.45, 7) is 4.57. The molecule has 3 rings (SSSR count). The standard InChI is InChI=1S/C20H23F2N3O4S2/c1-2-28-19(27)17-11-30-20(24-17)31-12-18(26)23-8-14-10-25(5-6-29-14)9-13-3-4-15(21)16(22)7-13/h3-4,7,11,14H,2,5-6,8-10,12H2,1H3,(H,23,26)/t14-/m0/s1. The third-order valence-corrected chi connectivity index (χ3v) is 6.46. The molecule has 1 atom stereocenters. The Labute approximate surface area is 187 Å². The second-order valence-electron chi connectivity index (χ2n) is 6.79. The molecule has 0 unspecified atom stereocenters. The van der Waals surface area contributed by atoms with Crippen LogP contribution in [0.15, 0.2) is 27.9 Å². The topological polar surface area (TPSA) is 80.8 Å². The number of morpholine rings is 1. The normalized spacial score (nSPS) is 16.8. The van der Waals surface area contributed by atoms with Crippen LogP contribution in [0.3, 0.4) is 0 Å². The Hall–Kier alpha value is -2.08. The Morgan fingerprint density at radius 2 is 2.23 bits per heavy atom. The number of ether oxygens (including phenoxy) is 2. The molecule has 0 bridgehead atoms. The van der Waals surface area contributed by atoms with Gasteiger partial charge >= 0.3 is 5.97 Å². The van der Waals surface area contributed by atoms with E-state index >= 15 is 0 Å². The zero-order chi connectivity index (χ0) is 22.2. The molecule has 0 saturated carbocycles. The first-order chi connectivity index (χ1) is 14.9. The Morgan fingerprint density at radius 1 is 1.39 bits per heavy atom. The maximum atomic E-state index is 13.4. The van der Waals surface area contributed by atoms with Crippen LogP contribution in [0.2, 0.25) is 0 Å². The molecular formula is C20H23F2N3O4S2. The first kappa shape index (κ1) is 23.6. The maximum absolute atomic E-state index is 13.4. The third-order valence-electron chi connectivity index (χ3n) is 4.43. The van der Waals surface area contributed by atoms with Gasteiger partial charge in [-0.25, -0.2) is 18.6 Å². The number of nitrogens with zero attached hydrogens (tertiary/aromatic N) is 2. The average Bonchev–Trinajstić information content (AvgIpc) is 3.23. The monoisotopic (exact) mass is 471 g/mol. The molecule has 2 heterocycles. The zero-order valence-corrected chi connectivity index (χ0v) is 18.6. The smallest absolute Gasteiger partial charge is 0.357 e. The SMILES string of the molecule is CCOC(=O)c1csc(SCC(=O)NC[C@H]2CN(Cc3ccc(F)c(F)c3)CCO2)n1. The summed E-state index contributed by atoms with van der Waals surface area (Å²) in [7, 11) is 0. The summed E-state index contributed by atoms with van der Waals surface area (Å²) in [6.07, 6.45) is -0.191. The predicted octanol–water partition coefficient (Wildman–Crippen LogP) is 2.71. The fraction of sp³-hybridized carbons (Fsp3) is 0.450. The van der Waals surface area contributed by atoms with Gasteiger partial charge < -0.3 is 14.8 Å². The van der Waals surface area contributed by atoms with Crippen molar-refractivity contribution in [3.05, 3.63) is 46.5 Å². The lowest BCUT2D eigenvalue weighted by Gasteiger charge is -2.33. The summed E-state index contributed by atoms with van der Waals surface area (Å²) in [5, 5.41) is 4.44. The van der Waals surface area contributed by atoms with Crippen LogP contribution in [0.4, 0.5) is 8.78 Å². The minimum absolute atomic E-state index is 0.167. The van der Waals surface area contributed by atoms with Gasteiger partial charge in [0.15, 0.2) is 21.7 Å². The van der Waals surface area contributed by atoms with E-state index in [4.69, 9.17) is 9.47 Å². The number of halogens is 2. The number of hydrogen-bond donors (Lipinski definition) is 1. The number of aromatic nitrogens is 1. The molecule has 1 fully saturated rings. The van der Waals surface area contributed by atoms with Crippen molar-refractivity contribution in [1.82, 2.24) is 15.2 Å². The summed E-state index contributed by atoms with van der Waals surface area (Å²) in [6, 6.07) is 3.89. The highest BCUT2D eigenvalue weighted by molar-refractivity contribution is 8.01. The molecule has 168 valence electrons. The van der Waals surface area contributed by atoms with Crippen LogP contribution >= 0.6 is 23.1 Å². The number of esters is 1. The van der Waals surface area contributed by atoms with Crippen molar-refractivity contribution in [3.8, 4) is 0 Å². The van der Waals surface area contributed by atoms with E-state index in [2.05, 4.69) is 15.2 Å². The van der Waals surface area contributed by atoms with Gasteiger partial charge in [0.2, 0.25) is 5.91 Å². The molecule has 1 N–H and O–H groups in total. The van der Waals surface area contributed by atoms with Crippen molar-refractivity contribution in [2.45, 2.75) is 23.9 Å². The summed E-state index contributed by atoms with van der Waals surface area (Å²) in [5.74, 6) is -2.20. The van der Waals surface area contributed by atoms with Gasteiger partial charge in [-0.1, -0.05) is 17.8 Å². The van der Waals surface area contributed by atoms with Crippen molar-refractivity contribution in [3.63, 3.8) is 0 Å². The number of benzene rings is 1. The Balaban J connectivity index is 1.39. The molecule has 0 aliphatic carbocycles. The molecule has 0 radical (unpaired) electrons. The number of hydrogen-bond acceptors (Lipinski definition) is 8. The van der Waals surface area contributed by atoms with Gasteiger partial charge in [-0.2, -0.15) is 0 Å². The third kappa shape index (κ3) is 7.23.